The quantitative estimate of drug-likeness (QED) is 0.210. The summed E-state index contributed by atoms with van der Waals surface area (Å²) in [6.45, 7) is 5.99. The summed E-state index contributed by atoms with van der Waals surface area (Å²) in [7, 11) is 0. The molecule has 0 unspecified atom stereocenters. The van der Waals surface area contributed by atoms with Crippen molar-refractivity contribution in [3.63, 3.8) is 0 Å². The highest BCUT2D eigenvalue weighted by Crippen LogP contribution is 2.13. The Labute approximate surface area is 186 Å². The molecule has 1 N–H and O–H groups in total. The van der Waals surface area contributed by atoms with Crippen molar-refractivity contribution in [2.45, 2.75) is 65.2 Å². The van der Waals surface area contributed by atoms with E-state index in [9.17, 15) is 9.18 Å². The van der Waals surface area contributed by atoms with Gasteiger partial charge >= 0.3 is 0 Å². The van der Waals surface area contributed by atoms with Gasteiger partial charge in [-0.2, -0.15) is 5.10 Å². The number of rotatable bonds is 14. The molecule has 0 aliphatic heterocycles. The molecule has 0 atom stereocenters. The molecule has 0 aliphatic rings. The topological polar surface area (TPSA) is 44.7 Å². The van der Waals surface area contributed by atoms with Crippen LogP contribution >= 0.6 is 0 Å². The monoisotopic (exact) mass is 425 g/mol. The SMILES string of the molecule is CCCCCN(CCCCC)C(=O)CC/C(=N/Nc1ccccc1)c1ccc(F)cc1. The lowest BCUT2D eigenvalue weighted by molar-refractivity contribution is -0.131. The van der Waals surface area contributed by atoms with Crippen LogP contribution in [0.25, 0.3) is 0 Å². The third-order valence-electron chi connectivity index (χ3n) is 5.26. The van der Waals surface area contributed by atoms with Crippen LogP contribution in [0, 0.1) is 5.82 Å². The predicted molar refractivity (Wildman–Crippen MR) is 128 cm³/mol. The van der Waals surface area contributed by atoms with E-state index in [0.717, 1.165) is 68.6 Å². The number of nitrogens with one attached hydrogen (secondary N) is 1. The second-order valence-corrected chi connectivity index (χ2v) is 7.84. The molecule has 0 heterocycles. The molecule has 2 rings (SSSR count). The van der Waals surface area contributed by atoms with Gasteiger partial charge in [0.05, 0.1) is 11.4 Å². The molecule has 1 amide bonds. The first kappa shape index (κ1) is 24.6. The van der Waals surface area contributed by atoms with E-state index in [1.54, 1.807) is 12.1 Å². The summed E-state index contributed by atoms with van der Waals surface area (Å²) in [5.74, 6) is -0.116. The summed E-state index contributed by atoms with van der Waals surface area (Å²) >= 11 is 0. The molecule has 0 aromatic heterocycles. The molecule has 0 bridgehead atoms. The minimum atomic E-state index is -0.284. The smallest absolute Gasteiger partial charge is 0.222 e. The Morgan fingerprint density at radius 2 is 1.48 bits per heavy atom. The number of halogens is 1. The lowest BCUT2D eigenvalue weighted by atomic mass is 10.0. The van der Waals surface area contributed by atoms with Crippen LogP contribution in [0.1, 0.15) is 70.8 Å². The minimum Gasteiger partial charge on any atom is -0.343 e. The third-order valence-corrected chi connectivity index (χ3v) is 5.26. The summed E-state index contributed by atoms with van der Waals surface area (Å²) in [5.41, 5.74) is 5.50. The van der Waals surface area contributed by atoms with E-state index < -0.39 is 0 Å². The van der Waals surface area contributed by atoms with Crippen molar-refractivity contribution < 1.29 is 9.18 Å². The van der Waals surface area contributed by atoms with Gasteiger partial charge in [0, 0.05) is 25.9 Å². The number of hydrogen-bond acceptors (Lipinski definition) is 3. The molecule has 2 aromatic carbocycles. The van der Waals surface area contributed by atoms with Gasteiger partial charge in [-0.15, -0.1) is 0 Å². The highest BCUT2D eigenvalue weighted by atomic mass is 19.1. The van der Waals surface area contributed by atoms with Crippen molar-refractivity contribution in [2.75, 3.05) is 18.5 Å². The number of carbonyl (C=O) groups is 1. The number of unbranched alkanes of at least 4 members (excludes halogenated alkanes) is 4. The largest absolute Gasteiger partial charge is 0.343 e. The Balaban J connectivity index is 2.06. The van der Waals surface area contributed by atoms with Gasteiger partial charge in [0.25, 0.3) is 0 Å². The van der Waals surface area contributed by atoms with Crippen LogP contribution in [-0.4, -0.2) is 29.6 Å². The zero-order valence-corrected chi connectivity index (χ0v) is 18.9. The molecule has 4 nitrogen and oxygen atoms in total. The Hall–Kier alpha value is -2.69. The first-order chi connectivity index (χ1) is 15.1. The van der Waals surface area contributed by atoms with Gasteiger partial charge in [-0.1, -0.05) is 69.9 Å². The molecule has 31 heavy (non-hydrogen) atoms. The van der Waals surface area contributed by atoms with Gasteiger partial charge in [0.2, 0.25) is 5.91 Å². The molecule has 0 spiro atoms. The lowest BCUT2D eigenvalue weighted by Gasteiger charge is -2.23. The van der Waals surface area contributed by atoms with E-state index in [1.807, 2.05) is 35.2 Å². The van der Waals surface area contributed by atoms with Crippen LogP contribution in [0.5, 0.6) is 0 Å². The molecule has 0 fully saturated rings. The first-order valence-electron chi connectivity index (χ1n) is 11.5. The Kier molecular flexibility index (Phi) is 11.4. The normalized spacial score (nSPS) is 11.4. The minimum absolute atomic E-state index is 0.168. The van der Waals surface area contributed by atoms with E-state index in [2.05, 4.69) is 24.4 Å². The number of amides is 1. The fourth-order valence-corrected chi connectivity index (χ4v) is 3.40. The number of hydrazone groups is 1. The standard InChI is InChI=1S/C26H36FN3O/c1-3-5-10-20-30(21-11-6-4-2)26(31)19-18-25(22-14-16-23(27)17-15-22)29-28-24-12-8-7-9-13-24/h7-9,12-17,28H,3-6,10-11,18-21H2,1-2H3/b29-25-. The van der Waals surface area contributed by atoms with Crippen LogP contribution in [-0.2, 0) is 4.79 Å². The van der Waals surface area contributed by atoms with Gasteiger partial charge in [-0.3, -0.25) is 10.2 Å². The van der Waals surface area contributed by atoms with Crippen molar-refractivity contribution in [1.82, 2.24) is 4.90 Å². The predicted octanol–water partition coefficient (Wildman–Crippen LogP) is 6.63. The number of nitrogens with zero attached hydrogens (tertiary/aromatic N) is 2. The van der Waals surface area contributed by atoms with E-state index in [4.69, 9.17) is 0 Å². The summed E-state index contributed by atoms with van der Waals surface area (Å²) in [6.07, 6.45) is 7.55. The Morgan fingerprint density at radius 1 is 0.871 bits per heavy atom. The lowest BCUT2D eigenvalue weighted by Crippen LogP contribution is -2.33. The van der Waals surface area contributed by atoms with E-state index in [0.29, 0.717) is 12.8 Å². The number of hydrogen-bond donors (Lipinski definition) is 1. The Morgan fingerprint density at radius 3 is 2.06 bits per heavy atom. The van der Waals surface area contributed by atoms with Crippen LogP contribution in [0.3, 0.4) is 0 Å². The van der Waals surface area contributed by atoms with Crippen LogP contribution in [0.15, 0.2) is 59.7 Å². The summed E-state index contributed by atoms with van der Waals surface area (Å²) in [4.78, 5) is 15.0. The molecule has 0 saturated heterocycles. The molecule has 168 valence electrons. The zero-order valence-electron chi connectivity index (χ0n) is 18.9. The molecular weight excluding hydrogens is 389 g/mol. The average molecular weight is 426 g/mol. The zero-order chi connectivity index (χ0) is 22.3. The van der Waals surface area contributed by atoms with Crippen molar-refractivity contribution in [3.8, 4) is 0 Å². The van der Waals surface area contributed by atoms with Gasteiger partial charge < -0.3 is 4.90 Å². The van der Waals surface area contributed by atoms with Crippen molar-refractivity contribution >= 4 is 17.3 Å². The fourth-order valence-electron chi connectivity index (χ4n) is 3.40. The molecule has 0 aliphatic carbocycles. The third kappa shape index (κ3) is 9.33. The van der Waals surface area contributed by atoms with Crippen LogP contribution in [0.4, 0.5) is 10.1 Å². The van der Waals surface area contributed by atoms with Crippen LogP contribution < -0.4 is 5.43 Å². The number of para-hydroxylation sites is 1. The van der Waals surface area contributed by atoms with Crippen molar-refractivity contribution in [3.05, 3.63) is 66.0 Å². The average Bonchev–Trinajstić information content (AvgIpc) is 2.79. The van der Waals surface area contributed by atoms with Gasteiger partial charge in [0.1, 0.15) is 5.82 Å². The van der Waals surface area contributed by atoms with Crippen LogP contribution in [0.2, 0.25) is 0 Å². The number of carbonyl (C=O) groups excluding carboxylic acids is 1. The van der Waals surface area contributed by atoms with E-state index >= 15 is 0 Å². The van der Waals surface area contributed by atoms with Crippen molar-refractivity contribution in [2.24, 2.45) is 5.10 Å². The fraction of sp³-hybridized carbons (Fsp3) is 0.462. The summed E-state index contributed by atoms with van der Waals surface area (Å²) in [5, 5.41) is 4.55. The van der Waals surface area contributed by atoms with Crippen molar-refractivity contribution in [1.29, 1.82) is 0 Å². The molecule has 0 saturated carbocycles. The summed E-state index contributed by atoms with van der Waals surface area (Å²) in [6, 6.07) is 16.0. The summed E-state index contributed by atoms with van der Waals surface area (Å²) < 4.78 is 13.4. The maximum absolute atomic E-state index is 13.4. The molecule has 2 aromatic rings. The second-order valence-electron chi connectivity index (χ2n) is 7.84. The maximum atomic E-state index is 13.4. The van der Waals surface area contributed by atoms with Gasteiger partial charge in [-0.05, 0) is 42.7 Å². The number of benzene rings is 2. The number of anilines is 1. The molecular formula is C26H36FN3O. The first-order valence-corrected chi connectivity index (χ1v) is 11.5. The molecule has 5 heteroatoms. The Bertz CT molecular complexity index is 780. The highest BCUT2D eigenvalue weighted by Gasteiger charge is 2.15. The van der Waals surface area contributed by atoms with E-state index in [1.165, 1.54) is 12.1 Å². The maximum Gasteiger partial charge on any atom is 0.222 e. The highest BCUT2D eigenvalue weighted by molar-refractivity contribution is 6.02. The van der Waals surface area contributed by atoms with E-state index in [-0.39, 0.29) is 11.7 Å². The second kappa shape index (κ2) is 14.3. The van der Waals surface area contributed by atoms with Gasteiger partial charge in [0.15, 0.2) is 0 Å². The molecule has 0 radical (unpaired) electrons. The van der Waals surface area contributed by atoms with Gasteiger partial charge in [-0.25, -0.2) is 4.39 Å².